The van der Waals surface area contributed by atoms with E-state index >= 15 is 0 Å². The molecule has 3 aromatic carbocycles. The lowest BCUT2D eigenvalue weighted by Gasteiger charge is -2.34. The summed E-state index contributed by atoms with van der Waals surface area (Å²) in [6.45, 7) is 2.45. The van der Waals surface area contributed by atoms with Crippen molar-refractivity contribution in [3.8, 4) is 0 Å². The van der Waals surface area contributed by atoms with E-state index < -0.39 is 56.9 Å². The number of halogens is 5. The number of carbonyl (C=O) groups is 2. The highest BCUT2D eigenvalue weighted by Gasteiger charge is 2.37. The number of carbonyl (C=O) groups excluding carboxylic acids is 2. The van der Waals surface area contributed by atoms with Crippen molar-refractivity contribution in [1.82, 2.24) is 10.2 Å². The summed E-state index contributed by atoms with van der Waals surface area (Å²) in [5.41, 5.74) is -0.397. The Bertz CT molecular complexity index is 1650. The van der Waals surface area contributed by atoms with Gasteiger partial charge in [-0.2, -0.15) is 13.2 Å². The summed E-state index contributed by atoms with van der Waals surface area (Å²) >= 11 is 12.3. The Labute approximate surface area is 277 Å². The predicted molar refractivity (Wildman–Crippen MR) is 173 cm³/mol. The van der Waals surface area contributed by atoms with E-state index in [-0.39, 0.29) is 23.9 Å². The first-order chi connectivity index (χ1) is 21.7. The van der Waals surface area contributed by atoms with Crippen molar-refractivity contribution >= 4 is 50.7 Å². The van der Waals surface area contributed by atoms with E-state index in [9.17, 15) is 31.2 Å². The Kier molecular flexibility index (Phi) is 11.7. The zero-order valence-corrected chi connectivity index (χ0v) is 27.8. The minimum atomic E-state index is -4.89. The van der Waals surface area contributed by atoms with Crippen molar-refractivity contribution in [2.75, 3.05) is 10.8 Å². The fourth-order valence-electron chi connectivity index (χ4n) is 5.53. The third-order valence-corrected chi connectivity index (χ3v) is 10.6. The topological polar surface area (TPSA) is 86.8 Å². The highest BCUT2D eigenvalue weighted by atomic mass is 35.5. The molecule has 7 nitrogen and oxygen atoms in total. The maximum absolute atomic E-state index is 14.3. The van der Waals surface area contributed by atoms with Crippen LogP contribution in [0.5, 0.6) is 0 Å². The van der Waals surface area contributed by atoms with Crippen LogP contribution in [0, 0.1) is 6.92 Å². The van der Waals surface area contributed by atoms with Gasteiger partial charge in [0.1, 0.15) is 12.6 Å². The zero-order valence-electron chi connectivity index (χ0n) is 25.5. The van der Waals surface area contributed by atoms with Crippen LogP contribution < -0.4 is 9.62 Å². The number of sulfonamides is 1. The van der Waals surface area contributed by atoms with E-state index in [4.69, 9.17) is 23.2 Å². The molecule has 0 radical (unpaired) electrons. The van der Waals surface area contributed by atoms with Crippen LogP contribution in [0.3, 0.4) is 0 Å². The Balaban J connectivity index is 1.78. The fourth-order valence-corrected chi connectivity index (χ4v) is 7.35. The highest BCUT2D eigenvalue weighted by molar-refractivity contribution is 7.92. The van der Waals surface area contributed by atoms with Crippen molar-refractivity contribution < 1.29 is 31.2 Å². The molecule has 3 aromatic rings. The first kappa shape index (κ1) is 35.6. The predicted octanol–water partition coefficient (Wildman–Crippen LogP) is 7.77. The van der Waals surface area contributed by atoms with Crippen molar-refractivity contribution in [3.63, 3.8) is 0 Å². The summed E-state index contributed by atoms with van der Waals surface area (Å²) in [6.07, 6.45) is -0.0708. The van der Waals surface area contributed by atoms with Gasteiger partial charge in [-0.3, -0.25) is 13.9 Å². The molecule has 1 aliphatic carbocycles. The molecular formula is C33H36Cl2F3N3O4S. The van der Waals surface area contributed by atoms with Gasteiger partial charge in [0.15, 0.2) is 0 Å². The van der Waals surface area contributed by atoms with Crippen molar-refractivity contribution in [2.45, 2.75) is 82.1 Å². The van der Waals surface area contributed by atoms with Crippen molar-refractivity contribution in [3.05, 3.63) is 93.5 Å². The normalized spacial score (nSPS) is 14.8. The number of benzene rings is 3. The summed E-state index contributed by atoms with van der Waals surface area (Å²) in [6, 6.07) is 14.1. The van der Waals surface area contributed by atoms with Gasteiger partial charge in [-0.05, 0) is 68.1 Å². The second kappa shape index (κ2) is 15.1. The number of alkyl halides is 3. The van der Waals surface area contributed by atoms with Gasteiger partial charge in [0.05, 0.1) is 21.2 Å². The SMILES string of the molecule is CC[C@@H](C(=O)NC1CCCCC1)N(Cc1ccccc1Cl)C(=O)CN(c1ccc(Cl)c(C(F)(F)F)c1)S(=O)(=O)c1ccc(C)cc1. The van der Waals surface area contributed by atoms with E-state index in [0.717, 1.165) is 49.8 Å². The molecule has 0 unspecified atom stereocenters. The molecule has 1 aliphatic rings. The standard InChI is InChI=1S/C33H36Cl2F3N3O4S/c1-3-30(32(43)39-24-10-5-4-6-11-24)40(20-23-9-7-8-12-28(23)34)31(42)21-41(46(44,45)26-16-13-22(2)14-17-26)25-15-18-29(35)27(19-25)33(36,37)38/h7-9,12-19,24,30H,3-6,10-11,20-21H2,1-2H3,(H,39,43)/t30-/m0/s1. The summed E-state index contributed by atoms with van der Waals surface area (Å²) in [5, 5.41) is 2.75. The largest absolute Gasteiger partial charge is 0.417 e. The average molecular weight is 699 g/mol. The number of amides is 2. The van der Waals surface area contributed by atoms with Gasteiger partial charge in [0, 0.05) is 17.6 Å². The molecule has 0 aromatic heterocycles. The molecule has 4 rings (SSSR count). The molecule has 0 heterocycles. The number of nitrogens with zero attached hydrogens (tertiary/aromatic N) is 2. The molecule has 13 heteroatoms. The summed E-state index contributed by atoms with van der Waals surface area (Å²) < 4.78 is 70.3. The quantitative estimate of drug-likeness (QED) is 0.222. The van der Waals surface area contributed by atoms with Gasteiger partial charge in [0.2, 0.25) is 11.8 Å². The molecule has 248 valence electrons. The monoisotopic (exact) mass is 697 g/mol. The Morgan fingerprint density at radius 2 is 1.61 bits per heavy atom. The highest BCUT2D eigenvalue weighted by Crippen LogP contribution is 2.38. The maximum atomic E-state index is 14.3. The minimum Gasteiger partial charge on any atom is -0.352 e. The molecule has 1 saturated carbocycles. The fraction of sp³-hybridized carbons (Fsp3) is 0.394. The number of rotatable bonds is 11. The van der Waals surface area contributed by atoms with E-state index in [1.54, 1.807) is 50.2 Å². The maximum Gasteiger partial charge on any atom is 0.417 e. The van der Waals surface area contributed by atoms with Gasteiger partial charge in [-0.1, -0.05) is 85.3 Å². The Morgan fingerprint density at radius 1 is 0.957 bits per heavy atom. The molecule has 0 aliphatic heterocycles. The third-order valence-electron chi connectivity index (χ3n) is 8.07. The molecule has 0 spiro atoms. The van der Waals surface area contributed by atoms with E-state index in [1.807, 2.05) is 0 Å². The van der Waals surface area contributed by atoms with Gasteiger partial charge < -0.3 is 10.2 Å². The lowest BCUT2D eigenvalue weighted by molar-refractivity contribution is -0.140. The molecule has 1 atom stereocenters. The van der Waals surface area contributed by atoms with Crippen molar-refractivity contribution in [2.24, 2.45) is 0 Å². The Hall–Kier alpha value is -3.28. The second-order valence-electron chi connectivity index (χ2n) is 11.4. The molecule has 0 bridgehead atoms. The lowest BCUT2D eigenvalue weighted by atomic mass is 9.95. The number of hydrogen-bond acceptors (Lipinski definition) is 4. The van der Waals surface area contributed by atoms with E-state index in [2.05, 4.69) is 5.32 Å². The lowest BCUT2D eigenvalue weighted by Crippen LogP contribution is -2.54. The molecule has 46 heavy (non-hydrogen) atoms. The van der Waals surface area contributed by atoms with E-state index in [1.165, 1.54) is 17.0 Å². The molecule has 1 N–H and O–H groups in total. The number of nitrogens with one attached hydrogen (secondary N) is 1. The van der Waals surface area contributed by atoms with E-state index in [0.29, 0.717) is 21.0 Å². The number of anilines is 1. The van der Waals surface area contributed by atoms with Crippen LogP contribution in [0.4, 0.5) is 18.9 Å². The van der Waals surface area contributed by atoms with Crippen LogP contribution in [0.15, 0.2) is 71.6 Å². The van der Waals surface area contributed by atoms with Crippen LogP contribution in [0.25, 0.3) is 0 Å². The minimum absolute atomic E-state index is 0.0548. The summed E-state index contributed by atoms with van der Waals surface area (Å²) in [5.74, 6) is -1.20. The molecule has 2 amide bonds. The van der Waals surface area contributed by atoms with Gasteiger partial charge in [-0.25, -0.2) is 8.42 Å². The van der Waals surface area contributed by atoms with Crippen molar-refractivity contribution in [1.29, 1.82) is 0 Å². The van der Waals surface area contributed by atoms with Gasteiger partial charge in [-0.15, -0.1) is 0 Å². The smallest absolute Gasteiger partial charge is 0.352 e. The van der Waals surface area contributed by atoms with Crippen LogP contribution in [0.2, 0.25) is 10.0 Å². The second-order valence-corrected chi connectivity index (χ2v) is 14.0. The third kappa shape index (κ3) is 8.54. The van der Waals surface area contributed by atoms with Crippen LogP contribution in [-0.2, 0) is 32.3 Å². The van der Waals surface area contributed by atoms with Gasteiger partial charge in [0.25, 0.3) is 10.0 Å². The molecular weight excluding hydrogens is 662 g/mol. The molecule has 1 fully saturated rings. The number of aryl methyl sites for hydroxylation is 1. The van der Waals surface area contributed by atoms with Crippen LogP contribution in [-0.4, -0.2) is 43.8 Å². The van der Waals surface area contributed by atoms with Crippen LogP contribution in [0.1, 0.15) is 62.1 Å². The molecule has 0 saturated heterocycles. The average Bonchev–Trinajstić information content (AvgIpc) is 3.01. The number of hydrogen-bond donors (Lipinski definition) is 1. The Morgan fingerprint density at radius 3 is 2.22 bits per heavy atom. The first-order valence-electron chi connectivity index (χ1n) is 15.0. The first-order valence-corrected chi connectivity index (χ1v) is 17.2. The van der Waals surface area contributed by atoms with Crippen LogP contribution >= 0.6 is 23.2 Å². The summed E-state index contributed by atoms with van der Waals surface area (Å²) in [7, 11) is -4.58. The summed E-state index contributed by atoms with van der Waals surface area (Å²) in [4.78, 5) is 28.9. The zero-order chi connectivity index (χ0) is 33.6. The van der Waals surface area contributed by atoms with Gasteiger partial charge >= 0.3 is 6.18 Å².